The second-order valence-corrected chi connectivity index (χ2v) is 10.4. The smallest absolute Gasteiger partial charge is 0.240 e. The number of likely N-dealkylation sites (tertiary alicyclic amines) is 1. The summed E-state index contributed by atoms with van der Waals surface area (Å²) in [5.41, 5.74) is 1.06. The van der Waals surface area contributed by atoms with Crippen molar-refractivity contribution in [3.63, 3.8) is 0 Å². The van der Waals surface area contributed by atoms with Crippen LogP contribution in [0.3, 0.4) is 0 Å². The van der Waals surface area contributed by atoms with Gasteiger partial charge in [-0.1, -0.05) is 46.8 Å². The molecule has 6 heteroatoms. The molecule has 1 aromatic rings. The van der Waals surface area contributed by atoms with Crippen molar-refractivity contribution in [1.29, 1.82) is 0 Å². The molecule has 2 unspecified atom stereocenters. The van der Waals surface area contributed by atoms with Crippen LogP contribution in [0.2, 0.25) is 0 Å². The van der Waals surface area contributed by atoms with E-state index in [1.165, 1.54) is 0 Å². The molecule has 2 rings (SSSR count). The van der Waals surface area contributed by atoms with Crippen molar-refractivity contribution in [1.82, 2.24) is 9.62 Å². The minimum Gasteiger partial charge on any atom is -0.342 e. The molecule has 0 aliphatic carbocycles. The number of hydrogen-bond donors (Lipinski definition) is 1. The van der Waals surface area contributed by atoms with Crippen molar-refractivity contribution >= 4 is 15.9 Å². The highest BCUT2D eigenvalue weighted by molar-refractivity contribution is 7.89. The largest absolute Gasteiger partial charge is 0.342 e. The van der Waals surface area contributed by atoms with Gasteiger partial charge in [0.2, 0.25) is 15.9 Å². The molecule has 0 aromatic heterocycles. The summed E-state index contributed by atoms with van der Waals surface area (Å²) in [6, 6.07) is 6.93. The van der Waals surface area contributed by atoms with Crippen LogP contribution < -0.4 is 4.72 Å². The fraction of sp³-hybridized carbons (Fsp3) is 0.650. The van der Waals surface area contributed by atoms with Crippen LogP contribution in [0.25, 0.3) is 0 Å². The van der Waals surface area contributed by atoms with Gasteiger partial charge in [0.1, 0.15) is 0 Å². The van der Waals surface area contributed by atoms with Gasteiger partial charge in [-0.05, 0) is 41.4 Å². The molecule has 1 saturated heterocycles. The lowest BCUT2D eigenvalue weighted by atomic mass is 9.87. The summed E-state index contributed by atoms with van der Waals surface area (Å²) < 4.78 is 27.4. The van der Waals surface area contributed by atoms with Gasteiger partial charge in [0.05, 0.1) is 4.90 Å². The minimum absolute atomic E-state index is 0.0224. The average Bonchev–Trinajstić information content (AvgIpc) is 2.53. The zero-order chi connectivity index (χ0) is 19.5. The fourth-order valence-corrected chi connectivity index (χ4v) is 4.57. The Bertz CT molecular complexity index is 710. The third-order valence-electron chi connectivity index (χ3n) is 4.88. The number of piperidine rings is 1. The summed E-state index contributed by atoms with van der Waals surface area (Å²) in [6.45, 7) is 12.2. The van der Waals surface area contributed by atoms with Crippen LogP contribution in [0.15, 0.2) is 29.2 Å². The molecule has 0 spiro atoms. The Morgan fingerprint density at radius 3 is 2.15 bits per heavy atom. The minimum atomic E-state index is -3.59. The molecule has 1 fully saturated rings. The Morgan fingerprint density at radius 2 is 1.65 bits per heavy atom. The SMILES string of the molecule is CC1CC(C)CN(C(=O)CCNS(=O)(=O)c2ccc(C(C)(C)C)cc2)C1. The van der Waals surface area contributed by atoms with Crippen molar-refractivity contribution in [2.24, 2.45) is 11.8 Å². The van der Waals surface area contributed by atoms with E-state index in [-0.39, 0.29) is 29.2 Å². The van der Waals surface area contributed by atoms with Crippen LogP contribution in [-0.2, 0) is 20.2 Å². The number of carbonyl (C=O) groups excluding carboxylic acids is 1. The number of nitrogens with zero attached hydrogens (tertiary/aromatic N) is 1. The van der Waals surface area contributed by atoms with E-state index in [0.717, 1.165) is 25.1 Å². The van der Waals surface area contributed by atoms with Crippen molar-refractivity contribution in [3.8, 4) is 0 Å². The zero-order valence-corrected chi connectivity index (χ0v) is 17.4. The van der Waals surface area contributed by atoms with Gasteiger partial charge < -0.3 is 4.90 Å². The van der Waals surface area contributed by atoms with Gasteiger partial charge in [0.25, 0.3) is 0 Å². The van der Waals surface area contributed by atoms with Gasteiger partial charge >= 0.3 is 0 Å². The summed E-state index contributed by atoms with van der Waals surface area (Å²) in [5, 5.41) is 0. The van der Waals surface area contributed by atoms with E-state index in [1.807, 2.05) is 17.0 Å². The number of amides is 1. The molecule has 26 heavy (non-hydrogen) atoms. The summed E-state index contributed by atoms with van der Waals surface area (Å²) in [6.07, 6.45) is 1.33. The predicted octanol–water partition coefficient (Wildman–Crippen LogP) is 3.16. The molecule has 0 saturated carbocycles. The predicted molar refractivity (Wildman–Crippen MR) is 104 cm³/mol. The summed E-state index contributed by atoms with van der Waals surface area (Å²) in [7, 11) is -3.59. The standard InChI is InChI=1S/C20H32N2O3S/c1-15-12-16(2)14-22(13-15)19(23)10-11-21-26(24,25)18-8-6-17(7-9-18)20(3,4)5/h6-9,15-16,21H,10-14H2,1-5H3. The van der Waals surface area contributed by atoms with E-state index in [2.05, 4.69) is 39.3 Å². The second kappa shape index (κ2) is 8.09. The maximum Gasteiger partial charge on any atom is 0.240 e. The van der Waals surface area contributed by atoms with E-state index in [1.54, 1.807) is 12.1 Å². The van der Waals surface area contributed by atoms with Crippen LogP contribution in [0, 0.1) is 11.8 Å². The van der Waals surface area contributed by atoms with E-state index in [9.17, 15) is 13.2 Å². The molecular weight excluding hydrogens is 348 g/mol. The molecule has 0 bridgehead atoms. The molecule has 1 aliphatic rings. The van der Waals surface area contributed by atoms with Crippen LogP contribution in [0.4, 0.5) is 0 Å². The van der Waals surface area contributed by atoms with Gasteiger partial charge in [-0.2, -0.15) is 0 Å². The Kier molecular flexibility index (Phi) is 6.51. The van der Waals surface area contributed by atoms with Crippen molar-refractivity contribution in [2.45, 2.75) is 57.8 Å². The van der Waals surface area contributed by atoms with Crippen LogP contribution in [0.5, 0.6) is 0 Å². The number of benzene rings is 1. The van der Waals surface area contributed by atoms with Gasteiger partial charge in [0.15, 0.2) is 0 Å². The molecule has 1 amide bonds. The van der Waals surface area contributed by atoms with Crippen molar-refractivity contribution in [3.05, 3.63) is 29.8 Å². The van der Waals surface area contributed by atoms with Crippen LogP contribution in [0.1, 0.15) is 53.0 Å². The van der Waals surface area contributed by atoms with E-state index in [4.69, 9.17) is 0 Å². The summed E-state index contributed by atoms with van der Waals surface area (Å²) >= 11 is 0. The number of hydrogen-bond acceptors (Lipinski definition) is 3. The van der Waals surface area contributed by atoms with Crippen molar-refractivity contribution in [2.75, 3.05) is 19.6 Å². The lowest BCUT2D eigenvalue weighted by molar-refractivity contribution is -0.133. The number of carbonyl (C=O) groups is 1. The molecule has 5 nitrogen and oxygen atoms in total. The third-order valence-corrected chi connectivity index (χ3v) is 6.36. The highest BCUT2D eigenvalue weighted by atomic mass is 32.2. The Hall–Kier alpha value is -1.40. The quantitative estimate of drug-likeness (QED) is 0.853. The molecule has 1 heterocycles. The monoisotopic (exact) mass is 380 g/mol. The molecule has 1 N–H and O–H groups in total. The number of rotatable bonds is 5. The molecule has 1 aliphatic heterocycles. The van der Waals surface area contributed by atoms with Crippen LogP contribution >= 0.6 is 0 Å². The van der Waals surface area contributed by atoms with Gasteiger partial charge in [0, 0.05) is 26.1 Å². The first-order chi connectivity index (χ1) is 12.0. The molecule has 1 aromatic carbocycles. The highest BCUT2D eigenvalue weighted by Crippen LogP contribution is 2.23. The third kappa shape index (κ3) is 5.55. The van der Waals surface area contributed by atoms with Crippen molar-refractivity contribution < 1.29 is 13.2 Å². The van der Waals surface area contributed by atoms with E-state index in [0.29, 0.717) is 11.8 Å². The summed E-state index contributed by atoms with van der Waals surface area (Å²) in [5.74, 6) is 1.02. The summed E-state index contributed by atoms with van der Waals surface area (Å²) in [4.78, 5) is 14.5. The van der Waals surface area contributed by atoms with E-state index >= 15 is 0 Å². The maximum atomic E-state index is 12.4. The fourth-order valence-electron chi connectivity index (χ4n) is 3.53. The Balaban J connectivity index is 1.91. The average molecular weight is 381 g/mol. The van der Waals surface area contributed by atoms with Gasteiger partial charge in [-0.25, -0.2) is 13.1 Å². The second-order valence-electron chi connectivity index (χ2n) is 8.67. The van der Waals surface area contributed by atoms with Gasteiger partial charge in [-0.15, -0.1) is 0 Å². The Morgan fingerprint density at radius 1 is 1.12 bits per heavy atom. The Labute approximate surface area is 158 Å². The number of sulfonamides is 1. The molecule has 0 radical (unpaired) electrons. The molecule has 146 valence electrons. The highest BCUT2D eigenvalue weighted by Gasteiger charge is 2.25. The molecule has 2 atom stereocenters. The maximum absolute atomic E-state index is 12.4. The first-order valence-corrected chi connectivity index (χ1v) is 10.9. The lowest BCUT2D eigenvalue weighted by Gasteiger charge is -2.35. The van der Waals surface area contributed by atoms with Crippen LogP contribution in [-0.4, -0.2) is 38.9 Å². The number of nitrogens with one attached hydrogen (secondary N) is 1. The first-order valence-electron chi connectivity index (χ1n) is 9.37. The van der Waals surface area contributed by atoms with Gasteiger partial charge in [-0.3, -0.25) is 4.79 Å². The lowest BCUT2D eigenvalue weighted by Crippen LogP contribution is -2.43. The molecular formula is C20H32N2O3S. The zero-order valence-electron chi connectivity index (χ0n) is 16.6. The first kappa shape index (κ1) is 20.9. The normalized spacial score (nSPS) is 21.7. The topological polar surface area (TPSA) is 66.5 Å². The van der Waals surface area contributed by atoms with E-state index < -0.39 is 10.0 Å².